The SMILES string of the molecule is Cc1ccnc(C(C)C)c1-n1c(=O)nc2c3c(c(Cl)c(-c4ccccc4F)nc31)OC[C@H]1CN(C(=O)/C=C/CN(C)C)CCN21.Cc1ccnc(C(C)C)c1-n1c(=O)nc2c3c(c(Cl)c(-c4ccccc4F)nc31)OC[C@H]1CN(C(=O)/C=C/CN(C)C)CCN21. The summed E-state index contributed by atoms with van der Waals surface area (Å²) in [6.07, 6.45) is 10.3. The molecule has 10 heterocycles. The van der Waals surface area contributed by atoms with E-state index in [2.05, 4.69) is 19.9 Å². The molecule has 8 aromatic rings. The normalized spacial score (nSPS) is 16.4. The highest BCUT2D eigenvalue weighted by Gasteiger charge is 2.40. The van der Waals surface area contributed by atoms with E-state index in [0.717, 1.165) is 11.1 Å². The van der Waals surface area contributed by atoms with Gasteiger partial charge in [0, 0.05) is 88.0 Å². The molecule has 90 heavy (non-hydrogen) atoms. The third-order valence-electron chi connectivity index (χ3n) is 16.4. The Morgan fingerprint density at radius 3 is 1.36 bits per heavy atom. The maximum absolute atomic E-state index is 15.2. The molecule has 0 aliphatic carbocycles. The van der Waals surface area contributed by atoms with Crippen LogP contribution in [0.15, 0.2) is 107 Å². The number of piperazine rings is 2. The molecule has 2 saturated heterocycles. The average molecular weight is 1260 g/mol. The molecule has 0 saturated carbocycles. The van der Waals surface area contributed by atoms with E-state index in [4.69, 9.17) is 42.6 Å². The Labute approximate surface area is 529 Å². The average Bonchev–Trinajstić information content (AvgIpc) is 1.20. The highest BCUT2D eigenvalue weighted by Crippen LogP contribution is 2.48. The molecule has 468 valence electrons. The largest absolute Gasteiger partial charge is 0.489 e. The van der Waals surface area contributed by atoms with Crippen LogP contribution >= 0.6 is 23.2 Å². The van der Waals surface area contributed by atoms with Crippen LogP contribution < -0.4 is 30.7 Å². The molecular formula is C66H70Cl2F2N14O6. The van der Waals surface area contributed by atoms with Gasteiger partial charge < -0.3 is 38.9 Å². The number of carbonyl (C=O) groups excluding carboxylic acids is 2. The number of aromatic nitrogens is 8. The summed E-state index contributed by atoms with van der Waals surface area (Å²) >= 11 is 14.0. The van der Waals surface area contributed by atoms with Crippen LogP contribution in [0.25, 0.3) is 56.0 Å². The van der Waals surface area contributed by atoms with E-state index in [1.54, 1.807) is 70.7 Å². The summed E-state index contributed by atoms with van der Waals surface area (Å²) < 4.78 is 46.2. The van der Waals surface area contributed by atoms with E-state index in [1.807, 2.05) is 114 Å². The number of aryl methyl sites for hydroxylation is 2. The zero-order valence-electron chi connectivity index (χ0n) is 51.8. The maximum Gasteiger partial charge on any atom is 0.355 e. The molecule has 0 spiro atoms. The number of pyridine rings is 4. The molecule has 0 radical (unpaired) electrons. The van der Waals surface area contributed by atoms with Crippen molar-refractivity contribution in [2.24, 2.45) is 0 Å². The minimum absolute atomic E-state index is 0.0203. The lowest BCUT2D eigenvalue weighted by Gasteiger charge is -2.40. The first kappa shape index (κ1) is 62.9. The molecule has 6 aromatic heterocycles. The maximum atomic E-state index is 15.2. The van der Waals surface area contributed by atoms with Gasteiger partial charge in [0.1, 0.15) is 57.3 Å². The van der Waals surface area contributed by atoms with E-state index in [1.165, 1.54) is 21.3 Å². The first-order valence-corrected chi connectivity index (χ1v) is 30.6. The van der Waals surface area contributed by atoms with Gasteiger partial charge in [-0.15, -0.1) is 0 Å². The van der Waals surface area contributed by atoms with Crippen LogP contribution in [-0.2, 0) is 9.59 Å². The molecule has 24 heteroatoms. The van der Waals surface area contributed by atoms with Crippen LogP contribution in [-0.4, -0.2) is 176 Å². The fraction of sp³-hybridized carbons (Fsp3) is 0.364. The third kappa shape index (κ3) is 12.0. The van der Waals surface area contributed by atoms with Gasteiger partial charge in [0.05, 0.1) is 46.2 Å². The van der Waals surface area contributed by atoms with Gasteiger partial charge in [-0.1, -0.05) is 87.3 Å². The van der Waals surface area contributed by atoms with Gasteiger partial charge in [-0.05, 0) is 101 Å². The number of amides is 2. The van der Waals surface area contributed by atoms with E-state index < -0.39 is 23.0 Å². The first-order valence-electron chi connectivity index (χ1n) is 29.9. The number of carbonyl (C=O) groups is 2. The van der Waals surface area contributed by atoms with Crippen LogP contribution in [0.1, 0.15) is 62.0 Å². The van der Waals surface area contributed by atoms with Gasteiger partial charge >= 0.3 is 11.4 Å². The quantitative estimate of drug-likeness (QED) is 0.105. The molecule has 0 N–H and O–H groups in total. The van der Waals surface area contributed by atoms with Gasteiger partial charge in [0.2, 0.25) is 11.8 Å². The highest BCUT2D eigenvalue weighted by molar-refractivity contribution is 6.36. The number of likely N-dealkylation sites (N-methyl/N-ethyl adjacent to an activating group) is 2. The van der Waals surface area contributed by atoms with Gasteiger partial charge in [-0.25, -0.2) is 37.5 Å². The predicted molar refractivity (Wildman–Crippen MR) is 346 cm³/mol. The molecule has 0 bridgehead atoms. The molecule has 2 amide bonds. The van der Waals surface area contributed by atoms with Crippen molar-refractivity contribution in [2.45, 2.75) is 65.5 Å². The second-order valence-electron chi connectivity index (χ2n) is 23.9. The van der Waals surface area contributed by atoms with Crippen molar-refractivity contribution in [2.75, 3.05) is 104 Å². The Kier molecular flexibility index (Phi) is 18.2. The number of benzene rings is 2. The summed E-state index contributed by atoms with van der Waals surface area (Å²) in [7, 11) is 7.75. The van der Waals surface area contributed by atoms with Crippen LogP contribution in [0.2, 0.25) is 10.0 Å². The second kappa shape index (κ2) is 26.0. The minimum Gasteiger partial charge on any atom is -0.489 e. The van der Waals surface area contributed by atoms with Crippen LogP contribution in [0.3, 0.4) is 0 Å². The molecule has 2 fully saturated rings. The number of rotatable bonds is 12. The summed E-state index contributed by atoms with van der Waals surface area (Å²) in [5, 5.41) is 1.14. The minimum atomic E-state index is -0.554. The van der Waals surface area contributed by atoms with Gasteiger partial charge in [-0.2, -0.15) is 9.97 Å². The monoisotopic (exact) mass is 1260 g/mol. The molecule has 12 rings (SSSR count). The van der Waals surface area contributed by atoms with Crippen molar-refractivity contribution in [1.29, 1.82) is 0 Å². The molecule has 2 atom stereocenters. The van der Waals surface area contributed by atoms with Crippen LogP contribution in [0, 0.1) is 25.5 Å². The van der Waals surface area contributed by atoms with Crippen molar-refractivity contribution in [3.63, 3.8) is 0 Å². The van der Waals surface area contributed by atoms with Crippen molar-refractivity contribution >= 4 is 68.7 Å². The Hall–Kier alpha value is -8.70. The van der Waals surface area contributed by atoms with E-state index in [0.29, 0.717) is 97.5 Å². The number of anilines is 2. The molecule has 4 aliphatic rings. The lowest BCUT2D eigenvalue weighted by atomic mass is 10.0. The number of hydrogen-bond donors (Lipinski definition) is 0. The van der Waals surface area contributed by atoms with Crippen LogP contribution in [0.5, 0.6) is 11.5 Å². The summed E-state index contributed by atoms with van der Waals surface area (Å²) in [4.78, 5) is 94.1. The van der Waals surface area contributed by atoms with Gasteiger partial charge in [0.25, 0.3) is 0 Å². The summed E-state index contributed by atoms with van der Waals surface area (Å²) in [6, 6.07) is 15.5. The highest BCUT2D eigenvalue weighted by atomic mass is 35.5. The second-order valence-corrected chi connectivity index (χ2v) is 24.7. The first-order chi connectivity index (χ1) is 43.1. The van der Waals surface area contributed by atoms with E-state index >= 15 is 8.78 Å². The Morgan fingerprint density at radius 2 is 0.989 bits per heavy atom. The van der Waals surface area contributed by atoms with Gasteiger partial charge in [-0.3, -0.25) is 19.6 Å². The predicted octanol–water partition coefficient (Wildman–Crippen LogP) is 9.19. The van der Waals surface area contributed by atoms with Crippen molar-refractivity contribution < 1.29 is 27.8 Å². The lowest BCUT2D eigenvalue weighted by molar-refractivity contribution is -0.127. The molecule has 4 aliphatic heterocycles. The lowest BCUT2D eigenvalue weighted by Crippen LogP contribution is -2.56. The zero-order valence-corrected chi connectivity index (χ0v) is 53.4. The topological polar surface area (TPSA) is 193 Å². The van der Waals surface area contributed by atoms with Gasteiger partial charge in [0.15, 0.2) is 22.8 Å². The molecule has 2 aromatic carbocycles. The van der Waals surface area contributed by atoms with Crippen molar-refractivity contribution in [3.05, 3.63) is 163 Å². The summed E-state index contributed by atoms with van der Waals surface area (Å²) in [5.74, 6) is 0.0320. The Bertz CT molecular complexity index is 4050. The number of ether oxygens (including phenoxy) is 2. The van der Waals surface area contributed by atoms with E-state index in [9.17, 15) is 19.2 Å². The Morgan fingerprint density at radius 1 is 0.600 bits per heavy atom. The molecule has 20 nitrogen and oxygen atoms in total. The smallest absolute Gasteiger partial charge is 0.355 e. The standard InChI is InChI=1S/2C33H35ClFN7O3/c2*1-19(2)27-29(20(3)12-13-36-27)42-32-25-30(26(34)28(37-32)22-9-6-7-10-23(22)35)45-18-21-17-40(24(43)11-8-14-39(4)5)15-16-41(21)31(25)38-33(42)44/h2*6-13,19,21H,14-18H2,1-5H3/b2*11-8+/t2*21-/m11/s1. The molecular weight excluding hydrogens is 1190 g/mol. The third-order valence-corrected chi connectivity index (χ3v) is 17.1. The van der Waals surface area contributed by atoms with Crippen LogP contribution in [0.4, 0.5) is 20.4 Å². The summed E-state index contributed by atoms with van der Waals surface area (Å²) in [6.45, 7) is 15.8. The number of hydrogen-bond acceptors (Lipinski definition) is 16. The fourth-order valence-corrected chi connectivity index (χ4v) is 12.5. The zero-order chi connectivity index (χ0) is 64.0. The van der Waals surface area contributed by atoms with Crippen molar-refractivity contribution in [1.82, 2.24) is 58.6 Å². The number of halogens is 4. The Balaban J connectivity index is 0.000000185. The number of nitrogens with zero attached hydrogens (tertiary/aromatic N) is 14. The molecule has 0 unspecified atom stereocenters. The fourth-order valence-electron chi connectivity index (χ4n) is 11.9. The summed E-state index contributed by atoms with van der Waals surface area (Å²) in [5.41, 5.74) is 4.17. The van der Waals surface area contributed by atoms with Crippen molar-refractivity contribution in [3.8, 4) is 45.4 Å². The van der Waals surface area contributed by atoms with E-state index in [-0.39, 0.29) is 104 Å². The number of fused-ring (bicyclic) bond motifs is 4.